The van der Waals surface area contributed by atoms with Gasteiger partial charge in [0.2, 0.25) is 0 Å². The molecule has 0 radical (unpaired) electrons. The number of Topliss-reactive ketones (excluding diaryl/α,β-unsaturated/α-hetero) is 1. The molecule has 1 rings (SSSR count). The van der Waals surface area contributed by atoms with Crippen molar-refractivity contribution >= 4 is 20.1 Å². The largest absolute Gasteiger partial charge is 0.481 e. The molecule has 0 aliphatic heterocycles. The topological polar surface area (TPSA) is 63.6 Å². The van der Waals surface area contributed by atoms with Crippen LogP contribution in [0.15, 0.2) is 23.8 Å². The smallest absolute Gasteiger partial charge is 0.303 e. The van der Waals surface area contributed by atoms with Gasteiger partial charge < -0.3 is 9.53 Å². The molecule has 0 spiro atoms. The molecule has 1 aliphatic rings. The number of unbranched alkanes of at least 4 members (excludes halogenated alkanes) is 2. The fourth-order valence-corrected chi connectivity index (χ4v) is 6.12. The summed E-state index contributed by atoms with van der Waals surface area (Å²) < 4.78 is 7.08. The van der Waals surface area contributed by atoms with E-state index in [9.17, 15) is 9.59 Å². The van der Waals surface area contributed by atoms with Crippen molar-refractivity contribution in [2.24, 2.45) is 11.8 Å². The SMILES string of the molecule is CCCCC(C)[C@](C)(CCC1=CCC(=O)[C@@H]1C/C=C\CCCC(=O)O)O[Si](C)(C)C(C)(C)C. The Balaban J connectivity index is 2.85. The third kappa shape index (κ3) is 9.52. The van der Waals surface area contributed by atoms with Gasteiger partial charge in [-0.15, -0.1) is 0 Å². The van der Waals surface area contributed by atoms with E-state index in [-0.39, 0.29) is 23.0 Å². The predicted molar refractivity (Wildman–Crippen MR) is 141 cm³/mol. The van der Waals surface area contributed by atoms with E-state index in [2.05, 4.69) is 66.8 Å². The van der Waals surface area contributed by atoms with Gasteiger partial charge in [-0.1, -0.05) is 71.3 Å². The van der Waals surface area contributed by atoms with Gasteiger partial charge in [-0.3, -0.25) is 9.59 Å². The molecule has 0 bridgehead atoms. The fraction of sp³-hybridized carbons (Fsp3) is 0.786. The lowest BCUT2D eigenvalue weighted by molar-refractivity contribution is -0.137. The minimum Gasteiger partial charge on any atom is -0.481 e. The summed E-state index contributed by atoms with van der Waals surface area (Å²) in [4.78, 5) is 23.2. The molecule has 0 aromatic heterocycles. The van der Waals surface area contributed by atoms with E-state index in [1.54, 1.807) is 0 Å². The molecule has 1 unspecified atom stereocenters. The molecule has 5 heteroatoms. The van der Waals surface area contributed by atoms with Gasteiger partial charge >= 0.3 is 5.97 Å². The Labute approximate surface area is 204 Å². The van der Waals surface area contributed by atoms with Crippen molar-refractivity contribution in [2.75, 3.05) is 0 Å². The van der Waals surface area contributed by atoms with Gasteiger partial charge in [-0.25, -0.2) is 0 Å². The first kappa shape index (κ1) is 29.8. The van der Waals surface area contributed by atoms with Gasteiger partial charge in [-0.05, 0) is 69.5 Å². The summed E-state index contributed by atoms with van der Waals surface area (Å²) in [6, 6.07) is 0. The second-order valence-electron chi connectivity index (χ2n) is 11.7. The van der Waals surface area contributed by atoms with Gasteiger partial charge in [0.15, 0.2) is 8.32 Å². The highest BCUT2D eigenvalue weighted by Crippen LogP contribution is 2.44. The molecule has 0 heterocycles. The summed E-state index contributed by atoms with van der Waals surface area (Å²) in [7, 11) is -1.93. The van der Waals surface area contributed by atoms with E-state index < -0.39 is 14.3 Å². The number of rotatable bonds is 15. The van der Waals surface area contributed by atoms with E-state index in [0.29, 0.717) is 24.5 Å². The van der Waals surface area contributed by atoms with Crippen LogP contribution in [-0.4, -0.2) is 30.8 Å². The molecule has 1 N–H and O–H groups in total. The maximum absolute atomic E-state index is 12.6. The van der Waals surface area contributed by atoms with Gasteiger partial charge in [0.25, 0.3) is 0 Å². The number of hydrogen-bond donors (Lipinski definition) is 1. The molecular weight excluding hydrogens is 428 g/mol. The van der Waals surface area contributed by atoms with Crippen molar-refractivity contribution in [1.29, 1.82) is 0 Å². The molecule has 4 nitrogen and oxygen atoms in total. The van der Waals surface area contributed by atoms with Gasteiger partial charge in [-0.2, -0.15) is 0 Å². The Kier molecular flexibility index (Phi) is 11.8. The minimum atomic E-state index is -1.93. The highest BCUT2D eigenvalue weighted by atomic mass is 28.4. The van der Waals surface area contributed by atoms with Crippen molar-refractivity contribution in [3.8, 4) is 0 Å². The zero-order valence-corrected chi connectivity index (χ0v) is 23.6. The Morgan fingerprint density at radius 3 is 2.48 bits per heavy atom. The number of aliphatic carboxylic acids is 1. The molecule has 0 aromatic carbocycles. The molecule has 190 valence electrons. The number of carboxylic acids is 1. The normalized spacial score (nSPS) is 20.2. The van der Waals surface area contributed by atoms with Crippen molar-refractivity contribution in [3.05, 3.63) is 23.8 Å². The van der Waals surface area contributed by atoms with Crippen LogP contribution in [0, 0.1) is 11.8 Å². The van der Waals surface area contributed by atoms with Crippen LogP contribution in [-0.2, 0) is 14.0 Å². The van der Waals surface area contributed by atoms with Gasteiger partial charge in [0.1, 0.15) is 5.78 Å². The Morgan fingerprint density at radius 1 is 1.24 bits per heavy atom. The molecule has 3 atom stereocenters. The zero-order chi connectivity index (χ0) is 25.3. The molecular formula is C28H50O4Si. The monoisotopic (exact) mass is 478 g/mol. The summed E-state index contributed by atoms with van der Waals surface area (Å²) in [5, 5.41) is 8.92. The van der Waals surface area contributed by atoms with Crippen LogP contribution in [0.2, 0.25) is 18.1 Å². The van der Waals surface area contributed by atoms with Crippen LogP contribution in [0.4, 0.5) is 0 Å². The van der Waals surface area contributed by atoms with Gasteiger partial charge in [0, 0.05) is 18.8 Å². The van der Waals surface area contributed by atoms with E-state index in [1.165, 1.54) is 24.8 Å². The van der Waals surface area contributed by atoms with Crippen LogP contribution in [0.25, 0.3) is 0 Å². The molecule has 0 saturated carbocycles. The Morgan fingerprint density at radius 2 is 1.91 bits per heavy atom. The lowest BCUT2D eigenvalue weighted by atomic mass is 9.81. The molecule has 1 aliphatic carbocycles. The maximum Gasteiger partial charge on any atom is 0.303 e. The van der Waals surface area contributed by atoms with Crippen LogP contribution in [0.3, 0.4) is 0 Å². The van der Waals surface area contributed by atoms with E-state index >= 15 is 0 Å². The van der Waals surface area contributed by atoms with Crippen molar-refractivity contribution < 1.29 is 19.1 Å². The average Bonchev–Trinajstić information content (AvgIpc) is 3.05. The first-order valence-corrected chi connectivity index (χ1v) is 15.9. The summed E-state index contributed by atoms with van der Waals surface area (Å²) in [6.45, 7) is 18.5. The quantitative estimate of drug-likeness (QED) is 0.147. The van der Waals surface area contributed by atoms with Gasteiger partial charge in [0.05, 0.1) is 5.60 Å². The standard InChI is InChI=1S/C28H50O4Si/c1-9-10-15-22(2)28(6,32-33(7,8)27(3,4)5)21-20-23-18-19-25(29)24(23)16-13-11-12-14-17-26(30)31/h11,13,18,22,24H,9-10,12,14-17,19-21H2,1-8H3,(H,30,31)/b13-11-/t22?,24-,28+/m1/s1. The summed E-state index contributed by atoms with van der Waals surface area (Å²) in [5.74, 6) is 0.00242. The van der Waals surface area contributed by atoms with E-state index in [1.807, 2.05) is 6.08 Å². The van der Waals surface area contributed by atoms with Crippen LogP contribution in [0.1, 0.15) is 106 Å². The molecule has 0 saturated heterocycles. The highest BCUT2D eigenvalue weighted by molar-refractivity contribution is 6.74. The first-order chi connectivity index (χ1) is 15.2. The second-order valence-corrected chi connectivity index (χ2v) is 16.4. The fourth-order valence-electron chi connectivity index (χ4n) is 4.35. The maximum atomic E-state index is 12.6. The summed E-state index contributed by atoms with van der Waals surface area (Å²) in [5.41, 5.74) is 1.07. The minimum absolute atomic E-state index is 0.0243. The average molecular weight is 479 g/mol. The lowest BCUT2D eigenvalue weighted by Gasteiger charge is -2.47. The predicted octanol–water partition coefficient (Wildman–Crippen LogP) is 8.09. The van der Waals surface area contributed by atoms with Crippen LogP contribution in [0.5, 0.6) is 0 Å². The number of allylic oxidation sites excluding steroid dienone is 4. The molecule has 33 heavy (non-hydrogen) atoms. The number of hydrogen-bond acceptors (Lipinski definition) is 3. The highest BCUT2D eigenvalue weighted by Gasteiger charge is 2.45. The van der Waals surface area contributed by atoms with Crippen LogP contribution < -0.4 is 0 Å². The number of carboxylic acid groups (broad SMARTS) is 1. The lowest BCUT2D eigenvalue weighted by Crippen LogP contribution is -2.51. The van der Waals surface area contributed by atoms with E-state index in [0.717, 1.165) is 25.7 Å². The molecule has 0 aromatic rings. The zero-order valence-electron chi connectivity index (χ0n) is 22.6. The van der Waals surface area contributed by atoms with Crippen molar-refractivity contribution in [1.82, 2.24) is 0 Å². The summed E-state index contributed by atoms with van der Waals surface area (Å²) >= 11 is 0. The van der Waals surface area contributed by atoms with Crippen molar-refractivity contribution in [2.45, 2.75) is 129 Å². The Hall–Kier alpha value is -1.20. The second kappa shape index (κ2) is 13.0. The van der Waals surface area contributed by atoms with Crippen LogP contribution >= 0.6 is 0 Å². The number of carbonyl (C=O) groups is 2. The van der Waals surface area contributed by atoms with E-state index in [4.69, 9.17) is 9.53 Å². The summed E-state index contributed by atoms with van der Waals surface area (Å²) in [6.07, 6.45) is 14.5. The number of ketones is 1. The number of carbonyl (C=O) groups excluding carboxylic acids is 1. The molecule has 0 amide bonds. The molecule has 0 fully saturated rings. The third-order valence-electron chi connectivity index (χ3n) is 7.94. The first-order valence-electron chi connectivity index (χ1n) is 13.0. The third-order valence-corrected chi connectivity index (χ3v) is 12.5. The van der Waals surface area contributed by atoms with Crippen molar-refractivity contribution in [3.63, 3.8) is 0 Å². The Bertz CT molecular complexity index is 701.